The minimum atomic E-state index is -0.116. The second kappa shape index (κ2) is 4.75. The molecule has 1 aliphatic rings. The Morgan fingerprint density at radius 3 is 2.67 bits per heavy atom. The minimum absolute atomic E-state index is 0.0990. The zero-order chi connectivity index (χ0) is 8.81. The molecule has 0 saturated heterocycles. The third-order valence-corrected chi connectivity index (χ3v) is 1.71. The van der Waals surface area contributed by atoms with Crippen LogP contribution < -0.4 is 0 Å². The molecular formula is C10H14O2. The van der Waals surface area contributed by atoms with E-state index in [1.807, 2.05) is 24.3 Å². The molecule has 1 rings (SSSR count). The van der Waals surface area contributed by atoms with Crippen molar-refractivity contribution >= 4 is 5.97 Å². The summed E-state index contributed by atoms with van der Waals surface area (Å²) in [7, 11) is 0. The topological polar surface area (TPSA) is 26.3 Å². The van der Waals surface area contributed by atoms with Gasteiger partial charge in [-0.2, -0.15) is 0 Å². The van der Waals surface area contributed by atoms with E-state index in [-0.39, 0.29) is 12.1 Å². The standard InChI is InChI=1S/C10H14O2/c1-2-3-8-10(11)12-9-6-4-5-7-9/h4-7,9H,2-3,8H2,1H3. The van der Waals surface area contributed by atoms with E-state index in [1.165, 1.54) is 0 Å². The van der Waals surface area contributed by atoms with Gasteiger partial charge < -0.3 is 4.74 Å². The molecule has 0 bridgehead atoms. The van der Waals surface area contributed by atoms with Crippen molar-refractivity contribution in [2.75, 3.05) is 0 Å². The first-order valence-corrected chi connectivity index (χ1v) is 4.37. The van der Waals surface area contributed by atoms with Gasteiger partial charge in [-0.25, -0.2) is 0 Å². The number of carbonyl (C=O) groups is 1. The fourth-order valence-corrected chi connectivity index (χ4v) is 1.02. The molecule has 66 valence electrons. The molecule has 0 unspecified atom stereocenters. The zero-order valence-corrected chi connectivity index (χ0v) is 7.32. The number of allylic oxidation sites excluding steroid dienone is 2. The molecule has 12 heavy (non-hydrogen) atoms. The maximum atomic E-state index is 11.1. The van der Waals surface area contributed by atoms with Crippen molar-refractivity contribution in [3.8, 4) is 0 Å². The number of rotatable bonds is 4. The van der Waals surface area contributed by atoms with Gasteiger partial charge in [-0.15, -0.1) is 0 Å². The Labute approximate surface area is 72.9 Å². The van der Waals surface area contributed by atoms with Gasteiger partial charge in [-0.1, -0.05) is 25.5 Å². The third kappa shape index (κ3) is 2.91. The van der Waals surface area contributed by atoms with Gasteiger partial charge in [0, 0.05) is 6.42 Å². The van der Waals surface area contributed by atoms with Crippen LogP contribution >= 0.6 is 0 Å². The maximum absolute atomic E-state index is 11.1. The van der Waals surface area contributed by atoms with Crippen LogP contribution in [0.3, 0.4) is 0 Å². The highest BCUT2D eigenvalue weighted by Gasteiger charge is 2.09. The average Bonchev–Trinajstić information content (AvgIpc) is 2.53. The van der Waals surface area contributed by atoms with Crippen molar-refractivity contribution in [3.63, 3.8) is 0 Å². The zero-order valence-electron chi connectivity index (χ0n) is 7.32. The van der Waals surface area contributed by atoms with Gasteiger partial charge in [0.25, 0.3) is 0 Å². The lowest BCUT2D eigenvalue weighted by atomic mass is 10.2. The summed E-state index contributed by atoms with van der Waals surface area (Å²) in [5.41, 5.74) is 0. The molecule has 0 spiro atoms. The Morgan fingerprint density at radius 2 is 2.08 bits per heavy atom. The van der Waals surface area contributed by atoms with Crippen LogP contribution in [0.5, 0.6) is 0 Å². The molecule has 0 aliphatic heterocycles. The molecular weight excluding hydrogens is 152 g/mol. The highest BCUT2D eigenvalue weighted by molar-refractivity contribution is 5.70. The molecule has 0 N–H and O–H groups in total. The third-order valence-electron chi connectivity index (χ3n) is 1.71. The molecule has 0 aromatic heterocycles. The summed E-state index contributed by atoms with van der Waals surface area (Å²) in [4.78, 5) is 11.1. The normalized spacial score (nSPS) is 15.4. The Kier molecular flexibility index (Phi) is 3.58. The van der Waals surface area contributed by atoms with E-state index in [0.29, 0.717) is 6.42 Å². The van der Waals surface area contributed by atoms with Gasteiger partial charge >= 0.3 is 5.97 Å². The number of esters is 1. The fraction of sp³-hybridized carbons (Fsp3) is 0.500. The van der Waals surface area contributed by atoms with Crippen LogP contribution in [-0.4, -0.2) is 12.1 Å². The fourth-order valence-electron chi connectivity index (χ4n) is 1.02. The Hall–Kier alpha value is -1.05. The van der Waals surface area contributed by atoms with Crippen LogP contribution in [0, 0.1) is 0 Å². The molecule has 2 heteroatoms. The first-order valence-electron chi connectivity index (χ1n) is 4.37. The van der Waals surface area contributed by atoms with E-state index < -0.39 is 0 Å². The maximum Gasteiger partial charge on any atom is 0.306 e. The summed E-state index contributed by atoms with van der Waals surface area (Å²) in [5, 5.41) is 0. The number of carbonyl (C=O) groups excluding carboxylic acids is 1. The lowest BCUT2D eigenvalue weighted by molar-refractivity contribution is -0.145. The lowest BCUT2D eigenvalue weighted by Gasteiger charge is -2.07. The van der Waals surface area contributed by atoms with E-state index in [1.54, 1.807) is 0 Å². The Balaban J connectivity index is 2.17. The quantitative estimate of drug-likeness (QED) is 0.598. The second-order valence-electron chi connectivity index (χ2n) is 2.83. The Morgan fingerprint density at radius 1 is 1.42 bits per heavy atom. The second-order valence-corrected chi connectivity index (χ2v) is 2.83. The first kappa shape index (κ1) is 9.04. The minimum Gasteiger partial charge on any atom is -0.454 e. The summed E-state index contributed by atoms with van der Waals surface area (Å²) in [6, 6.07) is 0. The van der Waals surface area contributed by atoms with Crippen molar-refractivity contribution in [1.82, 2.24) is 0 Å². The van der Waals surface area contributed by atoms with Crippen molar-refractivity contribution in [3.05, 3.63) is 24.3 Å². The number of hydrogen-bond acceptors (Lipinski definition) is 2. The Bertz CT molecular complexity index is 192. The molecule has 0 saturated carbocycles. The summed E-state index contributed by atoms with van der Waals surface area (Å²) < 4.78 is 5.10. The summed E-state index contributed by atoms with van der Waals surface area (Å²) in [6.45, 7) is 2.06. The van der Waals surface area contributed by atoms with Crippen LogP contribution in [-0.2, 0) is 9.53 Å². The van der Waals surface area contributed by atoms with Crippen molar-refractivity contribution in [2.24, 2.45) is 0 Å². The van der Waals surface area contributed by atoms with Crippen molar-refractivity contribution < 1.29 is 9.53 Å². The molecule has 0 fully saturated rings. The predicted octanol–water partition coefficient (Wildman–Crippen LogP) is 2.21. The van der Waals surface area contributed by atoms with Crippen LogP contribution in [0.4, 0.5) is 0 Å². The predicted molar refractivity (Wildman–Crippen MR) is 47.7 cm³/mol. The van der Waals surface area contributed by atoms with Gasteiger partial charge in [0.05, 0.1) is 0 Å². The lowest BCUT2D eigenvalue weighted by Crippen LogP contribution is -2.12. The van der Waals surface area contributed by atoms with Crippen LogP contribution in [0.15, 0.2) is 24.3 Å². The van der Waals surface area contributed by atoms with Gasteiger partial charge in [0.1, 0.15) is 6.10 Å². The molecule has 0 radical (unpaired) electrons. The van der Waals surface area contributed by atoms with Crippen molar-refractivity contribution in [2.45, 2.75) is 32.3 Å². The molecule has 0 atom stereocenters. The summed E-state index contributed by atoms with van der Waals surface area (Å²) >= 11 is 0. The number of unbranched alkanes of at least 4 members (excludes halogenated alkanes) is 1. The van der Waals surface area contributed by atoms with Gasteiger partial charge in [-0.3, -0.25) is 4.79 Å². The summed E-state index contributed by atoms with van der Waals surface area (Å²) in [6.07, 6.45) is 9.87. The molecule has 0 aromatic rings. The molecule has 2 nitrogen and oxygen atoms in total. The number of ether oxygens (including phenoxy) is 1. The van der Waals surface area contributed by atoms with E-state index >= 15 is 0 Å². The van der Waals surface area contributed by atoms with E-state index in [9.17, 15) is 4.79 Å². The van der Waals surface area contributed by atoms with Gasteiger partial charge in [-0.05, 0) is 18.6 Å². The number of hydrogen-bond donors (Lipinski definition) is 0. The van der Waals surface area contributed by atoms with E-state index in [4.69, 9.17) is 4.74 Å². The first-order chi connectivity index (χ1) is 5.83. The van der Waals surface area contributed by atoms with Crippen LogP contribution in [0.1, 0.15) is 26.2 Å². The average molecular weight is 166 g/mol. The molecule has 0 aromatic carbocycles. The monoisotopic (exact) mass is 166 g/mol. The highest BCUT2D eigenvalue weighted by Crippen LogP contribution is 2.07. The molecule has 0 heterocycles. The molecule has 0 amide bonds. The van der Waals surface area contributed by atoms with Crippen LogP contribution in [0.2, 0.25) is 0 Å². The van der Waals surface area contributed by atoms with Gasteiger partial charge in [0.2, 0.25) is 0 Å². The SMILES string of the molecule is CCCCC(=O)OC1C=CC=C1. The highest BCUT2D eigenvalue weighted by atomic mass is 16.5. The molecule has 1 aliphatic carbocycles. The van der Waals surface area contributed by atoms with Crippen LogP contribution in [0.25, 0.3) is 0 Å². The smallest absolute Gasteiger partial charge is 0.306 e. The van der Waals surface area contributed by atoms with E-state index in [0.717, 1.165) is 12.8 Å². The summed E-state index contributed by atoms with van der Waals surface area (Å²) in [5.74, 6) is -0.0990. The van der Waals surface area contributed by atoms with Crippen molar-refractivity contribution in [1.29, 1.82) is 0 Å². The largest absolute Gasteiger partial charge is 0.454 e. The van der Waals surface area contributed by atoms with E-state index in [2.05, 4.69) is 6.92 Å². The van der Waals surface area contributed by atoms with Gasteiger partial charge in [0.15, 0.2) is 0 Å².